The molecule has 3 aromatic carbocycles. The van der Waals surface area contributed by atoms with Gasteiger partial charge in [-0.1, -0.05) is 74.5 Å². The first-order valence-corrected chi connectivity index (χ1v) is 24.8. The smallest absolute Gasteiger partial charge is 0.326 e. The summed E-state index contributed by atoms with van der Waals surface area (Å²) < 4.78 is 1.78. The molecule has 76 heavy (non-hydrogen) atoms. The van der Waals surface area contributed by atoms with Crippen LogP contribution in [0.15, 0.2) is 110 Å². The summed E-state index contributed by atoms with van der Waals surface area (Å²) in [7, 11) is 0. The van der Waals surface area contributed by atoms with Gasteiger partial charge in [-0.05, 0) is 53.6 Å². The van der Waals surface area contributed by atoms with Gasteiger partial charge in [-0.2, -0.15) is 0 Å². The number of amides is 7. The van der Waals surface area contributed by atoms with Crippen LogP contribution >= 0.6 is 0 Å². The molecule has 0 saturated carbocycles. The molecule has 1 saturated heterocycles. The minimum atomic E-state index is -1.74. The molecule has 23 nitrogen and oxygen atoms in total. The molecule has 0 spiro atoms. The summed E-state index contributed by atoms with van der Waals surface area (Å²) in [5.41, 5.74) is 3.58. The maximum absolute atomic E-state index is 14.5. The summed E-state index contributed by atoms with van der Waals surface area (Å²) in [5.74, 6) is -6.96. The van der Waals surface area contributed by atoms with E-state index >= 15 is 0 Å². The number of nitrogens with zero attached hydrogens (tertiary/aromatic N) is 3. The first kappa shape index (κ1) is 54.9. The number of phenols is 1. The molecule has 12 N–H and O–H groups in total. The Bertz CT molecular complexity index is 2980. The number of aromatic amines is 2. The number of rotatable bonds is 26. The molecule has 23 heteroatoms. The van der Waals surface area contributed by atoms with Gasteiger partial charge >= 0.3 is 5.97 Å². The van der Waals surface area contributed by atoms with E-state index in [-0.39, 0.29) is 62.5 Å². The Labute approximate surface area is 436 Å². The van der Waals surface area contributed by atoms with Gasteiger partial charge in [-0.25, -0.2) is 14.8 Å². The molecule has 7 rings (SSSR count). The first-order chi connectivity index (χ1) is 36.5. The number of aliphatic hydroxyl groups excluding tert-OH is 1. The summed E-state index contributed by atoms with van der Waals surface area (Å²) in [4.78, 5) is 124. The van der Waals surface area contributed by atoms with Crippen molar-refractivity contribution < 1.29 is 53.7 Å². The summed E-state index contributed by atoms with van der Waals surface area (Å²) in [6.07, 6.45) is 7.49. The molecule has 1 fully saturated rings. The number of benzene rings is 3. The number of aromatic hydroxyl groups is 1. The second-order valence-corrected chi connectivity index (χ2v) is 19.1. The number of carboxylic acid groups (broad SMARTS) is 1. The van der Waals surface area contributed by atoms with E-state index in [1.165, 1.54) is 36.8 Å². The second-order valence-electron chi connectivity index (χ2n) is 19.1. The van der Waals surface area contributed by atoms with Gasteiger partial charge in [-0.15, -0.1) is 0 Å². The van der Waals surface area contributed by atoms with Crippen LogP contribution in [0.3, 0.4) is 0 Å². The molecule has 3 aromatic heterocycles. The number of phenolic OH excluding ortho intramolecular Hbond substituents is 1. The SMILES string of the molecule is CC(C)C[C@H](NC(=O)[C@@H](Cc1cn(Cc2ccccc2)cn1)NC(=O)[C@H](Cc1ccc(O)cc1)NC(=O)[C@H](CO)NC(=O)[C@H](Cc1c[nH]c2ccccc12)NC(=O)[C@H](Cc1cnc[nH]1)NC(=O)[C@@H]1CCC(=O)N1)C(=O)O. The van der Waals surface area contributed by atoms with Gasteiger partial charge in [0.25, 0.3) is 0 Å². The predicted molar refractivity (Wildman–Crippen MR) is 275 cm³/mol. The van der Waals surface area contributed by atoms with E-state index in [4.69, 9.17) is 0 Å². The molecule has 1 aliphatic heterocycles. The number of imidazole rings is 2. The van der Waals surface area contributed by atoms with E-state index in [1.807, 2.05) is 42.5 Å². The van der Waals surface area contributed by atoms with Crippen LogP contribution in [0.25, 0.3) is 10.9 Å². The number of H-pyrrole nitrogens is 2. The Hall–Kier alpha value is -8.86. The molecule has 400 valence electrons. The first-order valence-electron chi connectivity index (χ1n) is 24.8. The number of aromatic nitrogens is 5. The number of aliphatic hydroxyl groups is 1. The zero-order chi connectivity index (χ0) is 54.3. The number of carbonyl (C=O) groups is 8. The standard InChI is InChI=1S/C53H62N12O11/c1-30(2)18-44(53(75)76)63-51(73)43(22-35-26-65(29-57-35)25-32-8-4-3-5-9-32)62-48(70)40(19-31-12-14-36(67)15-13-31)59-52(74)45(27-66)64-49(71)41(20-33-23-55-38-11-7-6-10-37(33)38)60-50(72)42(21-34-24-54-28-56-34)61-47(69)39-16-17-46(68)58-39/h3-15,23-24,26,28-30,39-45,55,66-67H,16-22,25,27H2,1-2H3,(H,54,56)(H,58,68)(H,59,74)(H,60,72)(H,61,69)(H,62,70)(H,63,73)(H,64,71)(H,75,76)/t39-,40-,41-,42-,43+,44-,45-/m0/s1. The maximum atomic E-state index is 14.5. The highest BCUT2D eigenvalue weighted by Gasteiger charge is 2.36. The fourth-order valence-electron chi connectivity index (χ4n) is 8.77. The number of aliphatic carboxylic acids is 1. The normalized spacial score (nSPS) is 15.6. The van der Waals surface area contributed by atoms with E-state index < -0.39 is 90.3 Å². The second kappa shape index (κ2) is 25.9. The van der Waals surface area contributed by atoms with Crippen LogP contribution in [0.4, 0.5) is 0 Å². The van der Waals surface area contributed by atoms with Crippen molar-refractivity contribution in [3.63, 3.8) is 0 Å². The third-order valence-corrected chi connectivity index (χ3v) is 12.7. The number of hydrogen-bond donors (Lipinski definition) is 12. The highest BCUT2D eigenvalue weighted by atomic mass is 16.4. The van der Waals surface area contributed by atoms with Crippen molar-refractivity contribution in [3.8, 4) is 5.75 Å². The van der Waals surface area contributed by atoms with Crippen molar-refractivity contribution in [2.24, 2.45) is 5.92 Å². The average Bonchev–Trinajstić information content (AvgIpc) is 4.25. The Morgan fingerprint density at radius 3 is 1.92 bits per heavy atom. The molecule has 7 amide bonds. The fraction of sp³-hybridized carbons (Fsp3) is 0.358. The summed E-state index contributed by atoms with van der Waals surface area (Å²) >= 11 is 0. The van der Waals surface area contributed by atoms with Gasteiger partial charge in [-0.3, -0.25) is 33.6 Å². The molecule has 0 radical (unpaired) electrons. The highest BCUT2D eigenvalue weighted by Crippen LogP contribution is 2.20. The molecule has 0 aliphatic carbocycles. The van der Waals surface area contributed by atoms with Crippen LogP contribution in [-0.2, 0) is 70.6 Å². The van der Waals surface area contributed by atoms with E-state index in [1.54, 1.807) is 49.3 Å². The maximum Gasteiger partial charge on any atom is 0.326 e. The lowest BCUT2D eigenvalue weighted by molar-refractivity contribution is -0.142. The van der Waals surface area contributed by atoms with Crippen molar-refractivity contribution in [2.45, 2.75) is 108 Å². The lowest BCUT2D eigenvalue weighted by atomic mass is 10.0. The van der Waals surface area contributed by atoms with Crippen molar-refractivity contribution in [3.05, 3.63) is 138 Å². The zero-order valence-corrected chi connectivity index (χ0v) is 41.8. The molecule has 6 aromatic rings. The quantitative estimate of drug-likeness (QED) is 0.0351. The average molecular weight is 1040 g/mol. The van der Waals surface area contributed by atoms with Gasteiger partial charge in [0.1, 0.15) is 48.0 Å². The predicted octanol–water partition coefficient (Wildman–Crippen LogP) is 0.422. The van der Waals surface area contributed by atoms with Crippen LogP contribution in [-0.4, -0.2) is 136 Å². The van der Waals surface area contributed by atoms with Crippen LogP contribution < -0.4 is 37.2 Å². The van der Waals surface area contributed by atoms with E-state index in [0.29, 0.717) is 29.1 Å². The van der Waals surface area contributed by atoms with Gasteiger partial charge in [0.15, 0.2) is 0 Å². The fourth-order valence-corrected chi connectivity index (χ4v) is 8.77. The molecule has 4 heterocycles. The van der Waals surface area contributed by atoms with Crippen LogP contribution in [0, 0.1) is 5.92 Å². The molecule has 7 atom stereocenters. The Kier molecular flexibility index (Phi) is 18.7. The highest BCUT2D eigenvalue weighted by molar-refractivity contribution is 5.98. The molecular formula is C53H62N12O11. The Morgan fingerprint density at radius 1 is 0.697 bits per heavy atom. The minimum absolute atomic E-state index is 0.0806. The summed E-state index contributed by atoms with van der Waals surface area (Å²) in [6.45, 7) is 3.04. The minimum Gasteiger partial charge on any atom is -0.508 e. The lowest BCUT2D eigenvalue weighted by Gasteiger charge is -2.27. The number of fused-ring (bicyclic) bond motifs is 1. The Balaban J connectivity index is 1.13. The third kappa shape index (κ3) is 15.3. The number of hydrogen-bond acceptors (Lipinski definition) is 12. The van der Waals surface area contributed by atoms with Crippen molar-refractivity contribution >= 4 is 58.2 Å². The number of carboxylic acids is 1. The summed E-state index contributed by atoms with van der Waals surface area (Å²) in [5, 5.41) is 49.8. The monoisotopic (exact) mass is 1040 g/mol. The third-order valence-electron chi connectivity index (χ3n) is 12.7. The largest absolute Gasteiger partial charge is 0.508 e. The van der Waals surface area contributed by atoms with Crippen molar-refractivity contribution in [2.75, 3.05) is 6.61 Å². The number of nitrogens with one attached hydrogen (secondary N) is 9. The number of carbonyl (C=O) groups excluding carboxylic acids is 7. The van der Waals surface area contributed by atoms with Crippen LogP contribution in [0.5, 0.6) is 5.75 Å². The Morgan fingerprint density at radius 2 is 1.30 bits per heavy atom. The van der Waals surface area contributed by atoms with Gasteiger partial charge in [0, 0.05) is 73.8 Å². The molecule has 1 aliphatic rings. The molecule has 0 unspecified atom stereocenters. The van der Waals surface area contributed by atoms with Gasteiger partial charge in [0.05, 0.1) is 25.0 Å². The summed E-state index contributed by atoms with van der Waals surface area (Å²) in [6, 6.07) is 12.9. The van der Waals surface area contributed by atoms with Crippen LogP contribution in [0.1, 0.15) is 61.2 Å². The topological polar surface area (TPSA) is 344 Å². The molecule has 0 bridgehead atoms. The van der Waals surface area contributed by atoms with Crippen LogP contribution in [0.2, 0.25) is 0 Å². The lowest BCUT2D eigenvalue weighted by Crippen LogP contribution is -2.61. The van der Waals surface area contributed by atoms with Crippen molar-refractivity contribution in [1.82, 2.24) is 61.7 Å². The zero-order valence-electron chi connectivity index (χ0n) is 41.8. The number of para-hydroxylation sites is 1. The van der Waals surface area contributed by atoms with E-state index in [2.05, 4.69) is 57.2 Å². The molecular weight excluding hydrogens is 981 g/mol. The van der Waals surface area contributed by atoms with E-state index in [9.17, 15) is 53.7 Å². The van der Waals surface area contributed by atoms with Crippen molar-refractivity contribution in [1.29, 1.82) is 0 Å². The van der Waals surface area contributed by atoms with Gasteiger partial charge < -0.3 is 67.1 Å². The van der Waals surface area contributed by atoms with E-state index in [0.717, 1.165) is 16.5 Å². The van der Waals surface area contributed by atoms with Gasteiger partial charge in [0.2, 0.25) is 41.4 Å².